The van der Waals surface area contributed by atoms with Crippen LogP contribution in [0.4, 0.5) is 5.69 Å². The molecule has 20 heavy (non-hydrogen) atoms. The van der Waals surface area contributed by atoms with Gasteiger partial charge in [0.05, 0.1) is 24.2 Å². The molecular formula is C13H18N2O4S. The van der Waals surface area contributed by atoms with Crippen molar-refractivity contribution >= 4 is 21.5 Å². The molecule has 6 nitrogen and oxygen atoms in total. The van der Waals surface area contributed by atoms with Gasteiger partial charge in [0.1, 0.15) is 0 Å². The Morgan fingerprint density at radius 1 is 1.35 bits per heavy atom. The molecule has 7 heteroatoms. The number of sulfone groups is 1. The molecule has 0 aliphatic carbocycles. The molecular weight excluding hydrogens is 280 g/mol. The smallest absolute Gasteiger partial charge is 0.340 e. The van der Waals surface area contributed by atoms with Crippen LogP contribution < -0.4 is 5.73 Å². The van der Waals surface area contributed by atoms with E-state index in [1.54, 1.807) is 12.1 Å². The SMILES string of the molecule is COC(=O)c1c(N)cccc1CN1CCS(=O)(=O)CC1. The number of rotatable bonds is 3. The summed E-state index contributed by atoms with van der Waals surface area (Å²) in [6.07, 6.45) is 0. The van der Waals surface area contributed by atoms with Crippen LogP contribution in [-0.4, -0.2) is 51.0 Å². The van der Waals surface area contributed by atoms with Gasteiger partial charge in [-0.2, -0.15) is 0 Å². The summed E-state index contributed by atoms with van der Waals surface area (Å²) >= 11 is 0. The third kappa shape index (κ3) is 3.29. The number of nitrogens with zero attached hydrogens (tertiary/aromatic N) is 1. The molecule has 0 spiro atoms. The van der Waals surface area contributed by atoms with E-state index in [-0.39, 0.29) is 11.5 Å². The van der Waals surface area contributed by atoms with Crippen LogP contribution in [0.25, 0.3) is 0 Å². The van der Waals surface area contributed by atoms with E-state index in [1.165, 1.54) is 7.11 Å². The Morgan fingerprint density at radius 3 is 2.60 bits per heavy atom. The molecule has 1 aromatic rings. The molecule has 2 N–H and O–H groups in total. The van der Waals surface area contributed by atoms with Crippen LogP contribution in [0.15, 0.2) is 18.2 Å². The van der Waals surface area contributed by atoms with Gasteiger partial charge in [-0.15, -0.1) is 0 Å². The maximum absolute atomic E-state index is 11.8. The van der Waals surface area contributed by atoms with Gasteiger partial charge in [-0.25, -0.2) is 13.2 Å². The fourth-order valence-corrected chi connectivity index (χ4v) is 3.53. The molecule has 1 fully saturated rings. The van der Waals surface area contributed by atoms with Crippen molar-refractivity contribution in [3.8, 4) is 0 Å². The van der Waals surface area contributed by atoms with Crippen molar-refractivity contribution in [2.45, 2.75) is 6.54 Å². The molecule has 0 bridgehead atoms. The van der Waals surface area contributed by atoms with Gasteiger partial charge in [0.15, 0.2) is 9.84 Å². The van der Waals surface area contributed by atoms with E-state index < -0.39 is 15.8 Å². The minimum Gasteiger partial charge on any atom is -0.465 e. The zero-order chi connectivity index (χ0) is 14.8. The van der Waals surface area contributed by atoms with Crippen molar-refractivity contribution in [3.63, 3.8) is 0 Å². The van der Waals surface area contributed by atoms with Crippen LogP contribution in [0.1, 0.15) is 15.9 Å². The van der Waals surface area contributed by atoms with Gasteiger partial charge in [0.25, 0.3) is 0 Å². The number of methoxy groups -OCH3 is 1. The van der Waals surface area contributed by atoms with Gasteiger partial charge in [0, 0.05) is 25.3 Å². The monoisotopic (exact) mass is 298 g/mol. The van der Waals surface area contributed by atoms with Crippen LogP contribution in [-0.2, 0) is 21.1 Å². The predicted molar refractivity (Wildman–Crippen MR) is 76.1 cm³/mol. The molecule has 0 saturated carbocycles. The van der Waals surface area contributed by atoms with Gasteiger partial charge in [0.2, 0.25) is 0 Å². The highest BCUT2D eigenvalue weighted by molar-refractivity contribution is 7.91. The maximum atomic E-state index is 11.8. The molecule has 1 saturated heterocycles. The lowest BCUT2D eigenvalue weighted by atomic mass is 10.0. The quantitative estimate of drug-likeness (QED) is 0.637. The summed E-state index contributed by atoms with van der Waals surface area (Å²) < 4.78 is 27.6. The number of carbonyl (C=O) groups excluding carboxylic acids is 1. The molecule has 0 unspecified atom stereocenters. The molecule has 110 valence electrons. The first-order chi connectivity index (χ1) is 9.43. The minimum atomic E-state index is -2.91. The number of nitrogens with two attached hydrogens (primary N) is 1. The summed E-state index contributed by atoms with van der Waals surface area (Å²) in [6.45, 7) is 1.43. The van der Waals surface area contributed by atoms with Gasteiger partial charge >= 0.3 is 5.97 Å². The van der Waals surface area contributed by atoms with Crippen LogP contribution in [0.2, 0.25) is 0 Å². The van der Waals surface area contributed by atoms with Crippen molar-refractivity contribution in [1.29, 1.82) is 0 Å². The fraction of sp³-hybridized carbons (Fsp3) is 0.462. The summed E-state index contributed by atoms with van der Waals surface area (Å²) in [7, 11) is -1.59. The maximum Gasteiger partial charge on any atom is 0.340 e. The third-order valence-electron chi connectivity index (χ3n) is 3.40. The lowest BCUT2D eigenvalue weighted by molar-refractivity contribution is 0.0599. The second-order valence-corrected chi connectivity index (χ2v) is 7.10. The van der Waals surface area contributed by atoms with Crippen LogP contribution in [0.5, 0.6) is 0 Å². The zero-order valence-electron chi connectivity index (χ0n) is 11.3. The number of nitrogen functional groups attached to an aromatic ring is 1. The topological polar surface area (TPSA) is 89.7 Å². The van der Waals surface area contributed by atoms with Crippen molar-refractivity contribution in [1.82, 2.24) is 4.90 Å². The van der Waals surface area contributed by atoms with E-state index in [2.05, 4.69) is 0 Å². The van der Waals surface area contributed by atoms with Gasteiger partial charge in [-0.1, -0.05) is 12.1 Å². The van der Waals surface area contributed by atoms with E-state index in [0.717, 1.165) is 5.56 Å². The number of anilines is 1. The highest BCUT2D eigenvalue weighted by Gasteiger charge is 2.23. The second kappa shape index (κ2) is 5.80. The summed E-state index contributed by atoms with van der Waals surface area (Å²) in [4.78, 5) is 13.8. The Morgan fingerprint density at radius 2 is 2.00 bits per heavy atom. The highest BCUT2D eigenvalue weighted by atomic mass is 32.2. The van der Waals surface area contributed by atoms with Crippen molar-refractivity contribution in [3.05, 3.63) is 29.3 Å². The number of carbonyl (C=O) groups is 1. The van der Waals surface area contributed by atoms with E-state index >= 15 is 0 Å². The van der Waals surface area contributed by atoms with Gasteiger partial charge < -0.3 is 10.5 Å². The van der Waals surface area contributed by atoms with Crippen molar-refractivity contribution in [2.75, 3.05) is 37.4 Å². The Balaban J connectivity index is 2.18. The van der Waals surface area contributed by atoms with E-state index in [0.29, 0.717) is 30.9 Å². The lowest BCUT2D eigenvalue weighted by Gasteiger charge is -2.27. The number of benzene rings is 1. The Hall–Kier alpha value is -1.60. The average molecular weight is 298 g/mol. The van der Waals surface area contributed by atoms with Crippen LogP contribution >= 0.6 is 0 Å². The Bertz CT molecular complexity index is 599. The molecule has 1 aliphatic rings. The summed E-state index contributed by atoms with van der Waals surface area (Å²) in [6, 6.07) is 5.24. The minimum absolute atomic E-state index is 0.156. The van der Waals surface area contributed by atoms with E-state index in [1.807, 2.05) is 11.0 Å². The number of hydrogen-bond acceptors (Lipinski definition) is 6. The van der Waals surface area contributed by atoms with Crippen LogP contribution in [0, 0.1) is 0 Å². The van der Waals surface area contributed by atoms with Crippen LogP contribution in [0.3, 0.4) is 0 Å². The highest BCUT2D eigenvalue weighted by Crippen LogP contribution is 2.20. The number of esters is 1. The molecule has 0 amide bonds. The molecule has 0 radical (unpaired) electrons. The van der Waals surface area contributed by atoms with E-state index in [9.17, 15) is 13.2 Å². The Kier molecular flexibility index (Phi) is 4.29. The molecule has 1 aromatic carbocycles. The van der Waals surface area contributed by atoms with Crippen molar-refractivity contribution < 1.29 is 17.9 Å². The predicted octanol–water partition coefficient (Wildman–Crippen LogP) is 0.286. The first-order valence-corrected chi connectivity index (χ1v) is 8.13. The first-order valence-electron chi connectivity index (χ1n) is 6.31. The second-order valence-electron chi connectivity index (χ2n) is 4.80. The Labute approximate surface area is 118 Å². The molecule has 1 heterocycles. The molecule has 2 rings (SSSR count). The summed E-state index contributed by atoms with van der Waals surface area (Å²) in [5.41, 5.74) is 7.33. The molecule has 1 aliphatic heterocycles. The molecule has 0 aromatic heterocycles. The van der Waals surface area contributed by atoms with E-state index in [4.69, 9.17) is 10.5 Å². The standard InChI is InChI=1S/C13H18N2O4S/c1-19-13(16)12-10(3-2-4-11(12)14)9-15-5-7-20(17,18)8-6-15/h2-4H,5-9,14H2,1H3. The third-order valence-corrected chi connectivity index (χ3v) is 5.01. The lowest BCUT2D eigenvalue weighted by Crippen LogP contribution is -2.40. The largest absolute Gasteiger partial charge is 0.465 e. The normalized spacial score (nSPS) is 18.6. The average Bonchev–Trinajstić information content (AvgIpc) is 2.41. The zero-order valence-corrected chi connectivity index (χ0v) is 12.1. The summed E-state index contributed by atoms with van der Waals surface area (Å²) in [5, 5.41) is 0. The molecule has 0 atom stereocenters. The first kappa shape index (κ1) is 14.8. The van der Waals surface area contributed by atoms with Gasteiger partial charge in [-0.3, -0.25) is 4.90 Å². The fourth-order valence-electron chi connectivity index (χ4n) is 2.25. The number of hydrogen-bond donors (Lipinski definition) is 1. The van der Waals surface area contributed by atoms with Crippen molar-refractivity contribution in [2.24, 2.45) is 0 Å². The summed E-state index contributed by atoms with van der Waals surface area (Å²) in [5.74, 6) is -0.158. The number of ether oxygens (including phenoxy) is 1. The van der Waals surface area contributed by atoms with Gasteiger partial charge in [-0.05, 0) is 11.6 Å².